The summed E-state index contributed by atoms with van der Waals surface area (Å²) >= 11 is 5.94. The fourth-order valence-electron chi connectivity index (χ4n) is 2.38. The smallest absolute Gasteiger partial charge is 0.152 e. The van der Waals surface area contributed by atoms with Crippen LogP contribution >= 0.6 is 11.6 Å². The summed E-state index contributed by atoms with van der Waals surface area (Å²) in [4.78, 5) is 4.26. The third-order valence-corrected chi connectivity index (χ3v) is 5.30. The van der Waals surface area contributed by atoms with E-state index in [2.05, 4.69) is 10.3 Å². The van der Waals surface area contributed by atoms with Gasteiger partial charge in [-0.3, -0.25) is 4.98 Å². The minimum atomic E-state index is -2.87. The summed E-state index contributed by atoms with van der Waals surface area (Å²) in [5.74, 6) is 0.462. The SMILES string of the molecule is O=S1(=O)CCC(Nc2ccnc3cc(Cl)ccc23)C1. The van der Waals surface area contributed by atoms with E-state index in [9.17, 15) is 8.42 Å². The largest absolute Gasteiger partial charge is 0.381 e. The molecule has 1 aliphatic heterocycles. The van der Waals surface area contributed by atoms with Crippen LogP contribution in [0, 0.1) is 0 Å². The summed E-state index contributed by atoms with van der Waals surface area (Å²) in [6.07, 6.45) is 2.35. The number of nitrogens with zero attached hydrogens (tertiary/aromatic N) is 1. The van der Waals surface area contributed by atoms with Crippen LogP contribution < -0.4 is 5.32 Å². The maximum atomic E-state index is 11.5. The summed E-state index contributed by atoms with van der Waals surface area (Å²) in [6, 6.07) is 7.35. The molecule has 3 rings (SSSR count). The Hall–Kier alpha value is -1.33. The number of aromatic nitrogens is 1. The lowest BCUT2D eigenvalue weighted by molar-refractivity contribution is 0.602. The number of sulfone groups is 1. The summed E-state index contributed by atoms with van der Waals surface area (Å²) in [5.41, 5.74) is 1.71. The Labute approximate surface area is 116 Å². The maximum Gasteiger partial charge on any atom is 0.152 e. The van der Waals surface area contributed by atoms with Crippen LogP contribution in [0.5, 0.6) is 0 Å². The van der Waals surface area contributed by atoms with Crippen LogP contribution in [-0.2, 0) is 9.84 Å². The first kappa shape index (κ1) is 12.7. The molecule has 0 spiro atoms. The normalized spacial score (nSPS) is 21.6. The van der Waals surface area contributed by atoms with Crippen LogP contribution in [0.15, 0.2) is 30.5 Å². The fourth-order valence-corrected chi connectivity index (χ4v) is 4.22. The van der Waals surface area contributed by atoms with E-state index in [1.165, 1.54) is 0 Å². The number of nitrogens with one attached hydrogen (secondary N) is 1. The van der Waals surface area contributed by atoms with Gasteiger partial charge in [-0.05, 0) is 30.7 Å². The molecule has 19 heavy (non-hydrogen) atoms. The molecular formula is C13H13ClN2O2S. The minimum absolute atomic E-state index is 0.0220. The topological polar surface area (TPSA) is 59.1 Å². The average molecular weight is 297 g/mol. The highest BCUT2D eigenvalue weighted by molar-refractivity contribution is 7.91. The highest BCUT2D eigenvalue weighted by Crippen LogP contribution is 2.26. The van der Waals surface area contributed by atoms with Gasteiger partial charge >= 0.3 is 0 Å². The molecule has 6 heteroatoms. The van der Waals surface area contributed by atoms with E-state index in [4.69, 9.17) is 11.6 Å². The molecule has 1 atom stereocenters. The quantitative estimate of drug-likeness (QED) is 0.925. The van der Waals surface area contributed by atoms with E-state index in [1.807, 2.05) is 18.2 Å². The number of benzene rings is 1. The number of halogens is 1. The van der Waals surface area contributed by atoms with Crippen molar-refractivity contribution in [3.63, 3.8) is 0 Å². The Morgan fingerprint density at radius 3 is 2.89 bits per heavy atom. The molecule has 1 aromatic carbocycles. The fraction of sp³-hybridized carbons (Fsp3) is 0.308. The zero-order chi connectivity index (χ0) is 13.5. The van der Waals surface area contributed by atoms with E-state index >= 15 is 0 Å². The lowest BCUT2D eigenvalue weighted by atomic mass is 10.1. The summed E-state index contributed by atoms with van der Waals surface area (Å²) in [5, 5.41) is 4.89. The van der Waals surface area contributed by atoms with E-state index in [-0.39, 0.29) is 17.5 Å². The van der Waals surface area contributed by atoms with Crippen LogP contribution in [0.25, 0.3) is 10.9 Å². The molecule has 2 heterocycles. The van der Waals surface area contributed by atoms with E-state index < -0.39 is 9.84 Å². The molecular weight excluding hydrogens is 284 g/mol. The molecule has 1 saturated heterocycles. The zero-order valence-electron chi connectivity index (χ0n) is 10.1. The van der Waals surface area contributed by atoms with Crippen LogP contribution in [-0.4, -0.2) is 30.9 Å². The first-order valence-electron chi connectivity index (χ1n) is 6.05. The molecule has 0 saturated carbocycles. The second-order valence-electron chi connectivity index (χ2n) is 4.76. The van der Waals surface area contributed by atoms with Crippen molar-refractivity contribution in [3.05, 3.63) is 35.5 Å². The number of anilines is 1. The molecule has 4 nitrogen and oxygen atoms in total. The summed E-state index contributed by atoms with van der Waals surface area (Å²) in [6.45, 7) is 0. The van der Waals surface area contributed by atoms with Gasteiger partial charge in [-0.25, -0.2) is 8.42 Å². The highest BCUT2D eigenvalue weighted by atomic mass is 35.5. The zero-order valence-corrected chi connectivity index (χ0v) is 11.7. The van der Waals surface area contributed by atoms with Gasteiger partial charge in [0.15, 0.2) is 9.84 Å². The molecule has 0 radical (unpaired) electrons. The first-order chi connectivity index (χ1) is 9.03. The Kier molecular flexibility index (Phi) is 3.11. The Morgan fingerprint density at radius 2 is 2.16 bits per heavy atom. The van der Waals surface area contributed by atoms with Gasteiger partial charge in [0, 0.05) is 28.3 Å². The Bertz CT molecular complexity index is 731. The molecule has 1 unspecified atom stereocenters. The van der Waals surface area contributed by atoms with Gasteiger partial charge in [-0.2, -0.15) is 0 Å². The van der Waals surface area contributed by atoms with Crippen LogP contribution in [0.1, 0.15) is 6.42 Å². The van der Waals surface area contributed by atoms with E-state index in [0.29, 0.717) is 11.4 Å². The van der Waals surface area contributed by atoms with Gasteiger partial charge in [-0.1, -0.05) is 11.6 Å². The first-order valence-corrected chi connectivity index (χ1v) is 8.25. The number of hydrogen-bond acceptors (Lipinski definition) is 4. The van der Waals surface area contributed by atoms with Crippen LogP contribution in [0.4, 0.5) is 5.69 Å². The molecule has 1 aromatic heterocycles. The van der Waals surface area contributed by atoms with Crippen molar-refractivity contribution in [3.8, 4) is 0 Å². The third kappa shape index (κ3) is 2.67. The second kappa shape index (κ2) is 4.65. The van der Waals surface area contributed by atoms with Crippen molar-refractivity contribution in [1.29, 1.82) is 0 Å². The van der Waals surface area contributed by atoms with Gasteiger partial charge in [0.05, 0.1) is 17.0 Å². The third-order valence-electron chi connectivity index (χ3n) is 3.30. The van der Waals surface area contributed by atoms with E-state index in [1.54, 1.807) is 12.3 Å². The number of hydrogen-bond donors (Lipinski definition) is 1. The van der Waals surface area contributed by atoms with Crippen molar-refractivity contribution >= 4 is 38.0 Å². The second-order valence-corrected chi connectivity index (χ2v) is 7.43. The molecule has 2 aromatic rings. The summed E-state index contributed by atoms with van der Waals surface area (Å²) < 4.78 is 22.9. The van der Waals surface area contributed by atoms with Gasteiger partial charge in [0.2, 0.25) is 0 Å². The molecule has 1 N–H and O–H groups in total. The Balaban J connectivity index is 1.93. The van der Waals surface area contributed by atoms with Crippen molar-refractivity contribution in [1.82, 2.24) is 4.98 Å². The van der Waals surface area contributed by atoms with E-state index in [0.717, 1.165) is 16.6 Å². The van der Waals surface area contributed by atoms with Gasteiger partial charge < -0.3 is 5.32 Å². The van der Waals surface area contributed by atoms with Crippen molar-refractivity contribution < 1.29 is 8.42 Å². The van der Waals surface area contributed by atoms with Crippen molar-refractivity contribution in [2.75, 3.05) is 16.8 Å². The van der Waals surface area contributed by atoms with Gasteiger partial charge in [-0.15, -0.1) is 0 Å². The monoisotopic (exact) mass is 296 g/mol. The molecule has 1 fully saturated rings. The highest BCUT2D eigenvalue weighted by Gasteiger charge is 2.27. The standard InChI is InChI=1S/C13H13ClN2O2S/c14-9-1-2-11-12(3-5-15-13(11)7-9)16-10-4-6-19(17,18)8-10/h1-3,5,7,10H,4,6,8H2,(H,15,16). The maximum absolute atomic E-state index is 11.5. The molecule has 100 valence electrons. The average Bonchev–Trinajstić information content (AvgIpc) is 2.68. The number of fused-ring (bicyclic) bond motifs is 1. The lowest BCUT2D eigenvalue weighted by Gasteiger charge is -2.14. The Morgan fingerprint density at radius 1 is 1.32 bits per heavy atom. The molecule has 0 bridgehead atoms. The lowest BCUT2D eigenvalue weighted by Crippen LogP contribution is -2.20. The molecule has 0 aliphatic carbocycles. The molecule has 1 aliphatic rings. The predicted octanol–water partition coefficient (Wildman–Crippen LogP) is 2.49. The van der Waals surface area contributed by atoms with Crippen molar-refractivity contribution in [2.24, 2.45) is 0 Å². The predicted molar refractivity (Wildman–Crippen MR) is 77.4 cm³/mol. The minimum Gasteiger partial charge on any atom is -0.381 e. The van der Waals surface area contributed by atoms with Crippen molar-refractivity contribution in [2.45, 2.75) is 12.5 Å². The van der Waals surface area contributed by atoms with Crippen LogP contribution in [0.2, 0.25) is 5.02 Å². The van der Waals surface area contributed by atoms with Gasteiger partial charge in [0.1, 0.15) is 0 Å². The summed E-state index contributed by atoms with van der Waals surface area (Å²) in [7, 11) is -2.87. The number of rotatable bonds is 2. The van der Waals surface area contributed by atoms with Crippen LogP contribution in [0.3, 0.4) is 0 Å². The van der Waals surface area contributed by atoms with Gasteiger partial charge in [0.25, 0.3) is 0 Å². The number of pyridine rings is 1. The molecule has 0 amide bonds.